The van der Waals surface area contributed by atoms with Crippen molar-refractivity contribution >= 4 is 52.7 Å². The minimum atomic E-state index is -0.966. The second-order valence-electron chi connectivity index (χ2n) is 8.10. The number of amides is 3. The lowest BCUT2D eigenvalue weighted by Crippen LogP contribution is -2.63. The molecule has 0 aliphatic carbocycles. The minimum Gasteiger partial charge on any atom is -0.447 e. The molecule has 12 heteroatoms. The van der Waals surface area contributed by atoms with E-state index in [1.807, 2.05) is 0 Å². The van der Waals surface area contributed by atoms with Crippen molar-refractivity contribution in [2.45, 2.75) is 38.4 Å². The third kappa shape index (κ3) is 7.72. The van der Waals surface area contributed by atoms with Crippen LogP contribution in [0.3, 0.4) is 0 Å². The van der Waals surface area contributed by atoms with E-state index in [2.05, 4.69) is 16.0 Å². The Balaban J connectivity index is 1.68. The lowest BCUT2D eigenvalue weighted by molar-refractivity contribution is -0.244. The van der Waals surface area contributed by atoms with Gasteiger partial charge in [0.25, 0.3) is 0 Å². The molecule has 0 unspecified atom stereocenters. The molecule has 3 rings (SSSR count). The standard InChI is InChI=1S/C24H27Cl2N3O7/c1-13-19(12-34-23(31)28-17-8-4-15(25)5-9-17)35-22(33-3)20(27-14(2)30)21(13)36-24(32)29-18-10-6-16(26)7-11-18/h4-11,13,19-22H,12H2,1-3H3,(H,27,30)(H,28,31)(H,29,32)/t13-,19-,20-,21+,22-/m1/s1. The van der Waals surface area contributed by atoms with Gasteiger partial charge in [-0.15, -0.1) is 0 Å². The van der Waals surface area contributed by atoms with Gasteiger partial charge in [-0.25, -0.2) is 9.59 Å². The van der Waals surface area contributed by atoms with E-state index in [-0.39, 0.29) is 12.5 Å². The first-order valence-corrected chi connectivity index (χ1v) is 11.8. The van der Waals surface area contributed by atoms with Gasteiger partial charge in [-0.3, -0.25) is 15.4 Å². The Morgan fingerprint density at radius 3 is 1.94 bits per heavy atom. The zero-order valence-corrected chi connectivity index (χ0v) is 21.3. The smallest absolute Gasteiger partial charge is 0.411 e. The van der Waals surface area contributed by atoms with Crippen LogP contribution in [0.25, 0.3) is 0 Å². The van der Waals surface area contributed by atoms with Crippen LogP contribution >= 0.6 is 23.2 Å². The summed E-state index contributed by atoms with van der Waals surface area (Å²) in [6, 6.07) is 12.2. The van der Waals surface area contributed by atoms with Crippen LogP contribution in [0.4, 0.5) is 21.0 Å². The zero-order chi connectivity index (χ0) is 26.2. The molecule has 1 heterocycles. The molecule has 1 aliphatic heterocycles. The van der Waals surface area contributed by atoms with E-state index in [4.69, 9.17) is 42.1 Å². The molecule has 194 valence electrons. The van der Waals surface area contributed by atoms with E-state index < -0.39 is 42.6 Å². The maximum atomic E-state index is 12.7. The molecule has 1 aliphatic rings. The van der Waals surface area contributed by atoms with Crippen LogP contribution in [0.15, 0.2) is 48.5 Å². The summed E-state index contributed by atoms with van der Waals surface area (Å²) in [6.45, 7) is 2.93. The summed E-state index contributed by atoms with van der Waals surface area (Å²) in [5, 5.41) is 8.98. The van der Waals surface area contributed by atoms with Crippen LogP contribution < -0.4 is 16.0 Å². The van der Waals surface area contributed by atoms with Gasteiger partial charge in [-0.2, -0.15) is 0 Å². The molecule has 2 aromatic carbocycles. The molecule has 36 heavy (non-hydrogen) atoms. The number of ether oxygens (including phenoxy) is 4. The van der Waals surface area contributed by atoms with Crippen LogP contribution in [-0.2, 0) is 23.7 Å². The van der Waals surface area contributed by atoms with Crippen LogP contribution in [0.2, 0.25) is 10.0 Å². The third-order valence-electron chi connectivity index (χ3n) is 5.47. The summed E-state index contributed by atoms with van der Waals surface area (Å²) >= 11 is 11.7. The zero-order valence-electron chi connectivity index (χ0n) is 19.8. The predicted molar refractivity (Wildman–Crippen MR) is 134 cm³/mol. The van der Waals surface area contributed by atoms with Crippen molar-refractivity contribution in [1.82, 2.24) is 5.32 Å². The first kappa shape index (κ1) is 27.5. The second kappa shape index (κ2) is 12.8. The van der Waals surface area contributed by atoms with Crippen molar-refractivity contribution in [2.75, 3.05) is 24.4 Å². The van der Waals surface area contributed by atoms with Crippen LogP contribution in [0.5, 0.6) is 0 Å². The molecule has 5 atom stereocenters. The largest absolute Gasteiger partial charge is 0.447 e. The van der Waals surface area contributed by atoms with Gasteiger partial charge in [0.1, 0.15) is 24.9 Å². The highest BCUT2D eigenvalue weighted by Gasteiger charge is 2.47. The fraction of sp³-hybridized carbons (Fsp3) is 0.375. The van der Waals surface area contributed by atoms with E-state index in [9.17, 15) is 14.4 Å². The molecule has 1 fully saturated rings. The molecule has 0 saturated carbocycles. The second-order valence-corrected chi connectivity index (χ2v) is 8.97. The predicted octanol–water partition coefficient (Wildman–Crippen LogP) is 4.67. The van der Waals surface area contributed by atoms with E-state index >= 15 is 0 Å². The summed E-state index contributed by atoms with van der Waals surface area (Å²) in [7, 11) is 1.39. The quantitative estimate of drug-likeness (QED) is 0.466. The van der Waals surface area contributed by atoms with Gasteiger partial charge >= 0.3 is 12.2 Å². The number of benzene rings is 2. The molecule has 10 nitrogen and oxygen atoms in total. The fourth-order valence-electron chi connectivity index (χ4n) is 3.68. The molecule has 1 saturated heterocycles. The number of anilines is 2. The summed E-state index contributed by atoms with van der Waals surface area (Å²) in [5.74, 6) is -0.853. The molecule has 0 aromatic heterocycles. The lowest BCUT2D eigenvalue weighted by atomic mass is 9.89. The highest BCUT2D eigenvalue weighted by Crippen LogP contribution is 2.30. The first-order chi connectivity index (χ1) is 17.2. The van der Waals surface area contributed by atoms with E-state index in [0.29, 0.717) is 21.4 Å². The van der Waals surface area contributed by atoms with Crippen molar-refractivity contribution in [2.24, 2.45) is 5.92 Å². The molecule has 0 bridgehead atoms. The van der Waals surface area contributed by atoms with Gasteiger partial charge < -0.3 is 24.3 Å². The number of carbonyl (C=O) groups is 3. The Hall–Kier alpha value is -3.05. The van der Waals surface area contributed by atoms with Gasteiger partial charge in [0.2, 0.25) is 5.91 Å². The number of carbonyl (C=O) groups excluding carboxylic acids is 3. The molecular formula is C24H27Cl2N3O7. The van der Waals surface area contributed by atoms with Crippen LogP contribution in [0.1, 0.15) is 13.8 Å². The summed E-state index contributed by atoms with van der Waals surface area (Å²) in [6.07, 6.45) is -3.99. The summed E-state index contributed by atoms with van der Waals surface area (Å²) in [5.41, 5.74) is 0.977. The van der Waals surface area contributed by atoms with Gasteiger partial charge in [-0.05, 0) is 48.5 Å². The Morgan fingerprint density at radius 1 is 0.917 bits per heavy atom. The molecule has 2 aromatic rings. The van der Waals surface area contributed by atoms with E-state index in [0.717, 1.165) is 0 Å². The Kier molecular flexibility index (Phi) is 9.77. The van der Waals surface area contributed by atoms with Crippen molar-refractivity contribution in [3.8, 4) is 0 Å². The number of hydrogen-bond donors (Lipinski definition) is 3. The fourth-order valence-corrected chi connectivity index (χ4v) is 3.93. The Bertz CT molecular complexity index is 1050. The van der Waals surface area contributed by atoms with Crippen molar-refractivity contribution in [3.05, 3.63) is 58.6 Å². The molecule has 0 radical (unpaired) electrons. The molecule has 3 amide bonds. The highest BCUT2D eigenvalue weighted by molar-refractivity contribution is 6.30. The number of methoxy groups -OCH3 is 1. The normalized spacial score (nSPS) is 23.3. The third-order valence-corrected chi connectivity index (χ3v) is 5.97. The lowest BCUT2D eigenvalue weighted by Gasteiger charge is -2.44. The Labute approximate surface area is 218 Å². The van der Waals surface area contributed by atoms with Crippen molar-refractivity contribution in [1.29, 1.82) is 0 Å². The average molecular weight is 540 g/mol. The van der Waals surface area contributed by atoms with Crippen LogP contribution in [-0.4, -0.2) is 56.4 Å². The minimum absolute atomic E-state index is 0.161. The van der Waals surface area contributed by atoms with Gasteiger partial charge in [0.15, 0.2) is 6.29 Å². The maximum Gasteiger partial charge on any atom is 0.411 e. The topological polar surface area (TPSA) is 124 Å². The molecular weight excluding hydrogens is 513 g/mol. The van der Waals surface area contributed by atoms with Gasteiger partial charge in [-0.1, -0.05) is 30.1 Å². The SMILES string of the molecule is CO[C@@H]1O[C@H](COC(=O)Nc2ccc(Cl)cc2)[C@@H](C)[C@H](OC(=O)Nc2ccc(Cl)cc2)[C@H]1NC(C)=O. The number of nitrogens with one attached hydrogen (secondary N) is 3. The van der Waals surface area contributed by atoms with Crippen LogP contribution in [0, 0.1) is 5.92 Å². The number of rotatable bonds is 7. The van der Waals surface area contributed by atoms with Gasteiger partial charge in [0.05, 0.1) is 0 Å². The number of halogens is 2. The molecule has 3 N–H and O–H groups in total. The summed E-state index contributed by atoms with van der Waals surface area (Å²) < 4.78 is 22.4. The first-order valence-electron chi connectivity index (χ1n) is 11.0. The number of hydrogen-bond acceptors (Lipinski definition) is 7. The monoisotopic (exact) mass is 539 g/mol. The van der Waals surface area contributed by atoms with E-state index in [1.54, 1.807) is 55.5 Å². The van der Waals surface area contributed by atoms with E-state index in [1.165, 1.54) is 14.0 Å². The maximum absolute atomic E-state index is 12.7. The molecule has 0 spiro atoms. The average Bonchev–Trinajstić information content (AvgIpc) is 2.83. The highest BCUT2D eigenvalue weighted by atomic mass is 35.5. The van der Waals surface area contributed by atoms with Crippen molar-refractivity contribution in [3.63, 3.8) is 0 Å². The summed E-state index contributed by atoms with van der Waals surface area (Å²) in [4.78, 5) is 36.8. The van der Waals surface area contributed by atoms with Crippen molar-refractivity contribution < 1.29 is 33.3 Å². The Morgan fingerprint density at radius 2 is 1.44 bits per heavy atom. The van der Waals surface area contributed by atoms with Gasteiger partial charge in [0, 0.05) is 41.4 Å².